The number of nitrogens with zero attached hydrogens (tertiary/aromatic N) is 1. The Labute approximate surface area is 151 Å². The average Bonchev–Trinajstić information content (AvgIpc) is 3.02. The minimum absolute atomic E-state index is 0.103. The molecule has 0 aliphatic carbocycles. The number of anilines is 1. The van der Waals surface area contributed by atoms with E-state index in [4.69, 9.17) is 9.47 Å². The largest absolute Gasteiger partial charge is 0.489 e. The van der Waals surface area contributed by atoms with E-state index < -0.39 is 5.92 Å². The number of halogens is 1. The summed E-state index contributed by atoms with van der Waals surface area (Å²) < 4.78 is 23.7. The minimum atomic E-state index is -0.434. The third-order valence-electron chi connectivity index (χ3n) is 4.41. The fourth-order valence-electron chi connectivity index (χ4n) is 3.03. The number of rotatable bonds is 5. The van der Waals surface area contributed by atoms with E-state index in [1.54, 1.807) is 29.2 Å². The number of hydrogen-bond acceptors (Lipinski definition) is 4. The van der Waals surface area contributed by atoms with Crippen LogP contribution >= 0.6 is 0 Å². The Bertz CT molecular complexity index is 836. The van der Waals surface area contributed by atoms with Crippen molar-refractivity contribution < 1.29 is 23.5 Å². The molecule has 5 nitrogen and oxygen atoms in total. The van der Waals surface area contributed by atoms with E-state index in [9.17, 15) is 14.0 Å². The van der Waals surface area contributed by atoms with Gasteiger partial charge >= 0.3 is 5.97 Å². The maximum absolute atomic E-state index is 13.2. The Morgan fingerprint density at radius 3 is 2.77 bits per heavy atom. The van der Waals surface area contributed by atoms with Gasteiger partial charge < -0.3 is 14.4 Å². The second-order valence-corrected chi connectivity index (χ2v) is 6.30. The number of aryl methyl sites for hydroxylation is 1. The molecule has 0 bridgehead atoms. The van der Waals surface area contributed by atoms with Crippen LogP contribution in [0.1, 0.15) is 17.5 Å². The predicted octanol–water partition coefficient (Wildman–Crippen LogP) is 3.24. The zero-order valence-corrected chi connectivity index (χ0v) is 14.7. The number of carbonyl (C=O) groups excluding carboxylic acids is 2. The van der Waals surface area contributed by atoms with Crippen LogP contribution in [0, 0.1) is 18.7 Å². The molecule has 26 heavy (non-hydrogen) atoms. The first-order chi connectivity index (χ1) is 12.5. The lowest BCUT2D eigenvalue weighted by Gasteiger charge is -2.18. The third-order valence-corrected chi connectivity index (χ3v) is 4.41. The maximum atomic E-state index is 13.2. The molecule has 1 amide bonds. The van der Waals surface area contributed by atoms with Crippen LogP contribution in [0.3, 0.4) is 0 Å². The van der Waals surface area contributed by atoms with Crippen LogP contribution in [0.5, 0.6) is 5.75 Å². The summed E-state index contributed by atoms with van der Waals surface area (Å²) in [5.41, 5.74) is 2.31. The standard InChI is InChI=1S/C20H20FNO4/c1-13-8-17(22-11-15(10-19(22)23)20(24)25-2)6-7-18(13)26-12-14-4-3-5-16(21)9-14/h3-9,15H,10-12H2,1-2H3. The lowest BCUT2D eigenvalue weighted by molar-refractivity contribution is -0.145. The monoisotopic (exact) mass is 357 g/mol. The number of amides is 1. The zero-order valence-electron chi connectivity index (χ0n) is 14.7. The summed E-state index contributed by atoms with van der Waals surface area (Å²) in [6, 6.07) is 11.7. The topological polar surface area (TPSA) is 55.8 Å². The summed E-state index contributed by atoms with van der Waals surface area (Å²) in [5.74, 6) is -0.544. The Hall–Kier alpha value is -2.89. The second kappa shape index (κ2) is 7.56. The van der Waals surface area contributed by atoms with Crippen LogP contribution in [-0.2, 0) is 20.9 Å². The van der Waals surface area contributed by atoms with Crippen molar-refractivity contribution in [2.75, 3.05) is 18.6 Å². The molecule has 1 saturated heterocycles. The molecule has 6 heteroatoms. The van der Waals surface area contributed by atoms with Crippen molar-refractivity contribution in [3.8, 4) is 5.75 Å². The highest BCUT2D eigenvalue weighted by Gasteiger charge is 2.35. The summed E-state index contributed by atoms with van der Waals surface area (Å²) in [6.45, 7) is 2.45. The van der Waals surface area contributed by atoms with Crippen molar-refractivity contribution in [2.24, 2.45) is 5.92 Å². The van der Waals surface area contributed by atoms with Gasteiger partial charge in [-0.25, -0.2) is 4.39 Å². The van der Waals surface area contributed by atoms with E-state index in [1.165, 1.54) is 19.2 Å². The third kappa shape index (κ3) is 3.85. The number of carbonyl (C=O) groups is 2. The number of ether oxygens (including phenoxy) is 2. The van der Waals surface area contributed by atoms with Gasteiger partial charge in [-0.15, -0.1) is 0 Å². The minimum Gasteiger partial charge on any atom is -0.489 e. The van der Waals surface area contributed by atoms with Gasteiger partial charge in [0.25, 0.3) is 0 Å². The molecule has 0 spiro atoms. The molecule has 0 aromatic heterocycles. The molecule has 1 atom stereocenters. The first-order valence-electron chi connectivity index (χ1n) is 8.34. The number of benzene rings is 2. The predicted molar refractivity (Wildman–Crippen MR) is 94.4 cm³/mol. The highest BCUT2D eigenvalue weighted by Crippen LogP contribution is 2.30. The van der Waals surface area contributed by atoms with Gasteiger partial charge in [-0.05, 0) is 48.4 Å². The van der Waals surface area contributed by atoms with Crippen molar-refractivity contribution in [3.05, 3.63) is 59.4 Å². The van der Waals surface area contributed by atoms with Crippen molar-refractivity contribution in [2.45, 2.75) is 20.0 Å². The van der Waals surface area contributed by atoms with Gasteiger partial charge in [-0.2, -0.15) is 0 Å². The van der Waals surface area contributed by atoms with Gasteiger partial charge in [0.15, 0.2) is 0 Å². The SMILES string of the molecule is COC(=O)C1CC(=O)N(c2ccc(OCc3cccc(F)c3)c(C)c2)C1. The quantitative estimate of drug-likeness (QED) is 0.771. The Balaban J connectivity index is 1.69. The fourth-order valence-corrected chi connectivity index (χ4v) is 3.03. The van der Waals surface area contributed by atoms with Crippen LogP contribution in [0.15, 0.2) is 42.5 Å². The van der Waals surface area contributed by atoms with E-state index >= 15 is 0 Å². The second-order valence-electron chi connectivity index (χ2n) is 6.30. The van der Waals surface area contributed by atoms with E-state index in [0.717, 1.165) is 16.8 Å². The first kappa shape index (κ1) is 17.9. The summed E-state index contributed by atoms with van der Waals surface area (Å²) >= 11 is 0. The van der Waals surface area contributed by atoms with Crippen molar-refractivity contribution in [1.82, 2.24) is 0 Å². The van der Waals surface area contributed by atoms with Crippen LogP contribution in [0.25, 0.3) is 0 Å². The van der Waals surface area contributed by atoms with Gasteiger partial charge in [0.2, 0.25) is 5.91 Å². The van der Waals surface area contributed by atoms with Gasteiger partial charge in [-0.1, -0.05) is 12.1 Å². The molecule has 0 saturated carbocycles. The highest BCUT2D eigenvalue weighted by molar-refractivity contribution is 5.99. The molecule has 2 aromatic rings. The molecule has 3 rings (SSSR count). The Morgan fingerprint density at radius 2 is 2.08 bits per heavy atom. The molecule has 1 aliphatic rings. The molecule has 1 heterocycles. The summed E-state index contributed by atoms with van der Waals surface area (Å²) in [6.07, 6.45) is 0.156. The van der Waals surface area contributed by atoms with Crippen LogP contribution < -0.4 is 9.64 Å². The van der Waals surface area contributed by atoms with E-state index in [1.807, 2.05) is 13.0 Å². The lowest BCUT2D eigenvalue weighted by atomic mass is 10.1. The summed E-state index contributed by atoms with van der Waals surface area (Å²) in [5, 5.41) is 0. The molecular formula is C20H20FNO4. The molecule has 1 aliphatic heterocycles. The smallest absolute Gasteiger partial charge is 0.311 e. The van der Waals surface area contributed by atoms with Crippen LogP contribution in [0.4, 0.5) is 10.1 Å². The molecule has 0 radical (unpaired) electrons. The van der Waals surface area contributed by atoms with Crippen molar-refractivity contribution in [3.63, 3.8) is 0 Å². The number of hydrogen-bond donors (Lipinski definition) is 0. The molecule has 1 unspecified atom stereocenters. The molecule has 0 N–H and O–H groups in total. The van der Waals surface area contributed by atoms with E-state index in [-0.39, 0.29) is 30.7 Å². The van der Waals surface area contributed by atoms with Gasteiger partial charge in [0, 0.05) is 18.7 Å². The van der Waals surface area contributed by atoms with Crippen LogP contribution in [0.2, 0.25) is 0 Å². The number of methoxy groups -OCH3 is 1. The number of esters is 1. The molecular weight excluding hydrogens is 337 g/mol. The summed E-state index contributed by atoms with van der Waals surface area (Å²) in [7, 11) is 1.32. The molecule has 136 valence electrons. The van der Waals surface area contributed by atoms with Gasteiger partial charge in [0.05, 0.1) is 13.0 Å². The van der Waals surface area contributed by atoms with E-state index in [2.05, 4.69) is 0 Å². The highest BCUT2D eigenvalue weighted by atomic mass is 19.1. The molecule has 2 aromatic carbocycles. The average molecular weight is 357 g/mol. The maximum Gasteiger partial charge on any atom is 0.311 e. The first-order valence-corrected chi connectivity index (χ1v) is 8.34. The van der Waals surface area contributed by atoms with Crippen LogP contribution in [-0.4, -0.2) is 25.5 Å². The summed E-state index contributed by atoms with van der Waals surface area (Å²) in [4.78, 5) is 25.4. The Morgan fingerprint density at radius 1 is 1.27 bits per heavy atom. The van der Waals surface area contributed by atoms with Crippen molar-refractivity contribution >= 4 is 17.6 Å². The van der Waals surface area contributed by atoms with Crippen molar-refractivity contribution in [1.29, 1.82) is 0 Å². The Kier molecular flexibility index (Phi) is 5.21. The van der Waals surface area contributed by atoms with Gasteiger partial charge in [-0.3, -0.25) is 9.59 Å². The molecule has 1 fully saturated rings. The van der Waals surface area contributed by atoms with Gasteiger partial charge in [0.1, 0.15) is 18.2 Å². The lowest BCUT2D eigenvalue weighted by Crippen LogP contribution is -2.26. The fraction of sp³-hybridized carbons (Fsp3) is 0.300. The zero-order chi connectivity index (χ0) is 18.7. The normalized spacial score (nSPS) is 16.7. The van der Waals surface area contributed by atoms with E-state index in [0.29, 0.717) is 12.3 Å².